The van der Waals surface area contributed by atoms with Gasteiger partial charge in [-0.1, -0.05) is 0 Å². The molecule has 3 nitrogen and oxygen atoms in total. The van der Waals surface area contributed by atoms with E-state index in [9.17, 15) is 4.79 Å². The summed E-state index contributed by atoms with van der Waals surface area (Å²) in [6, 6.07) is 0. The fraction of sp³-hybridized carbons (Fsp3) is 0.273. The molecular weight excluding hydrogens is 178 g/mol. The molecule has 0 spiro atoms. The Bertz CT molecular complexity index is 555. The minimum absolute atomic E-state index is 0.367. The molecular formula is C11H11NO2. The quantitative estimate of drug-likeness (QED) is 0.637. The van der Waals surface area contributed by atoms with Crippen LogP contribution in [0.1, 0.15) is 16.7 Å². The molecule has 0 aliphatic rings. The van der Waals surface area contributed by atoms with Crippen LogP contribution < -0.4 is 5.63 Å². The maximum absolute atomic E-state index is 11.4. The third-order valence-corrected chi connectivity index (χ3v) is 2.52. The maximum Gasteiger partial charge on any atom is 0.362 e. The van der Waals surface area contributed by atoms with Gasteiger partial charge in [0.2, 0.25) is 0 Å². The van der Waals surface area contributed by atoms with Crippen LogP contribution in [-0.2, 0) is 0 Å². The summed E-state index contributed by atoms with van der Waals surface area (Å²) in [5, 5.41) is 0.918. The third-order valence-electron chi connectivity index (χ3n) is 2.52. The molecule has 0 fully saturated rings. The van der Waals surface area contributed by atoms with E-state index in [0.717, 1.165) is 22.1 Å². The van der Waals surface area contributed by atoms with Crippen LogP contribution in [0.25, 0.3) is 10.9 Å². The number of pyridine rings is 1. The van der Waals surface area contributed by atoms with E-state index in [0.29, 0.717) is 5.52 Å². The summed E-state index contributed by atoms with van der Waals surface area (Å²) in [6.45, 7) is 5.89. The first-order valence-corrected chi connectivity index (χ1v) is 4.45. The van der Waals surface area contributed by atoms with Crippen molar-refractivity contribution in [3.05, 3.63) is 39.6 Å². The molecule has 2 rings (SSSR count). The van der Waals surface area contributed by atoms with E-state index in [1.54, 1.807) is 6.20 Å². The Labute approximate surface area is 81.4 Å². The molecule has 2 aromatic heterocycles. The van der Waals surface area contributed by atoms with Gasteiger partial charge in [-0.25, -0.2) is 9.78 Å². The van der Waals surface area contributed by atoms with E-state index >= 15 is 0 Å². The van der Waals surface area contributed by atoms with Crippen molar-refractivity contribution in [2.24, 2.45) is 0 Å². The summed E-state index contributed by atoms with van der Waals surface area (Å²) in [6.07, 6.45) is 3.19. The number of aromatic nitrogens is 1. The van der Waals surface area contributed by atoms with Crippen LogP contribution >= 0.6 is 0 Å². The Morgan fingerprint density at radius 3 is 2.64 bits per heavy atom. The lowest BCUT2D eigenvalue weighted by atomic mass is 10.0. The van der Waals surface area contributed by atoms with Gasteiger partial charge in [0.05, 0.1) is 6.26 Å². The van der Waals surface area contributed by atoms with Gasteiger partial charge < -0.3 is 4.42 Å². The van der Waals surface area contributed by atoms with Gasteiger partial charge >= 0.3 is 5.63 Å². The van der Waals surface area contributed by atoms with Crippen molar-refractivity contribution in [2.45, 2.75) is 20.8 Å². The highest BCUT2D eigenvalue weighted by molar-refractivity contribution is 5.84. The first-order chi connectivity index (χ1) is 6.61. The molecule has 2 aromatic rings. The lowest BCUT2D eigenvalue weighted by Crippen LogP contribution is -2.04. The van der Waals surface area contributed by atoms with Crippen molar-refractivity contribution in [3.63, 3.8) is 0 Å². The van der Waals surface area contributed by atoms with Crippen molar-refractivity contribution in [2.75, 3.05) is 0 Å². The van der Waals surface area contributed by atoms with E-state index < -0.39 is 0 Å². The van der Waals surface area contributed by atoms with Gasteiger partial charge in [0, 0.05) is 11.6 Å². The molecule has 0 aromatic carbocycles. The lowest BCUT2D eigenvalue weighted by Gasteiger charge is -2.05. The highest BCUT2D eigenvalue weighted by Gasteiger charge is 2.08. The van der Waals surface area contributed by atoms with Crippen LogP contribution in [0.4, 0.5) is 0 Å². The normalized spacial score (nSPS) is 10.8. The zero-order valence-corrected chi connectivity index (χ0v) is 8.42. The van der Waals surface area contributed by atoms with Crippen LogP contribution in [-0.4, -0.2) is 4.98 Å². The largest absolute Gasteiger partial charge is 0.429 e. The van der Waals surface area contributed by atoms with Crippen molar-refractivity contribution in [3.8, 4) is 0 Å². The number of hydrogen-bond acceptors (Lipinski definition) is 3. The molecule has 0 saturated carbocycles. The molecule has 3 heteroatoms. The Morgan fingerprint density at radius 2 is 1.93 bits per heavy atom. The number of fused-ring (bicyclic) bond motifs is 1. The van der Waals surface area contributed by atoms with Gasteiger partial charge in [-0.3, -0.25) is 0 Å². The molecule has 0 N–H and O–H groups in total. The Hall–Kier alpha value is -1.64. The van der Waals surface area contributed by atoms with Crippen LogP contribution in [0.2, 0.25) is 0 Å². The molecule has 0 aliphatic heterocycles. The Balaban J connectivity index is 3.09. The number of aryl methyl sites for hydroxylation is 3. The van der Waals surface area contributed by atoms with Gasteiger partial charge in [-0.15, -0.1) is 0 Å². The zero-order valence-electron chi connectivity index (χ0n) is 8.42. The van der Waals surface area contributed by atoms with Gasteiger partial charge in [0.15, 0.2) is 5.52 Å². The molecule has 0 unspecified atom stereocenters. The average molecular weight is 189 g/mol. The van der Waals surface area contributed by atoms with Gasteiger partial charge in [-0.2, -0.15) is 0 Å². The molecule has 14 heavy (non-hydrogen) atoms. The van der Waals surface area contributed by atoms with Gasteiger partial charge in [0.1, 0.15) is 0 Å². The maximum atomic E-state index is 11.4. The summed E-state index contributed by atoms with van der Waals surface area (Å²) in [4.78, 5) is 15.5. The highest BCUT2D eigenvalue weighted by Crippen LogP contribution is 2.19. The smallest absolute Gasteiger partial charge is 0.362 e. The van der Waals surface area contributed by atoms with Crippen molar-refractivity contribution in [1.82, 2.24) is 4.98 Å². The molecule has 0 bridgehead atoms. The first-order valence-electron chi connectivity index (χ1n) is 4.45. The summed E-state index contributed by atoms with van der Waals surface area (Å²) in [7, 11) is 0. The molecule has 0 amide bonds. The molecule has 0 aliphatic carbocycles. The summed E-state index contributed by atoms with van der Waals surface area (Å²) < 4.78 is 4.85. The molecule has 0 saturated heterocycles. The third kappa shape index (κ3) is 1.13. The highest BCUT2D eigenvalue weighted by atomic mass is 16.4. The van der Waals surface area contributed by atoms with Crippen molar-refractivity contribution < 1.29 is 4.42 Å². The van der Waals surface area contributed by atoms with Gasteiger partial charge in [-0.05, 0) is 37.5 Å². The fourth-order valence-corrected chi connectivity index (χ4v) is 1.59. The van der Waals surface area contributed by atoms with Crippen LogP contribution in [0, 0.1) is 20.8 Å². The average Bonchev–Trinajstić information content (AvgIpc) is 2.16. The van der Waals surface area contributed by atoms with E-state index in [-0.39, 0.29) is 5.63 Å². The number of hydrogen-bond donors (Lipinski definition) is 0. The zero-order chi connectivity index (χ0) is 10.3. The topological polar surface area (TPSA) is 43.1 Å². The molecule has 2 heterocycles. The lowest BCUT2D eigenvalue weighted by molar-refractivity contribution is 0.514. The van der Waals surface area contributed by atoms with E-state index in [1.807, 2.05) is 20.8 Å². The SMILES string of the molecule is Cc1cnc2c(=O)occ(C)c2c1C. The Morgan fingerprint density at radius 1 is 1.21 bits per heavy atom. The monoisotopic (exact) mass is 189 g/mol. The summed E-state index contributed by atoms with van der Waals surface area (Å²) >= 11 is 0. The molecule has 0 atom stereocenters. The summed E-state index contributed by atoms with van der Waals surface area (Å²) in [5.74, 6) is 0. The first kappa shape index (κ1) is 8.94. The van der Waals surface area contributed by atoms with Crippen LogP contribution in [0.15, 0.2) is 21.7 Å². The predicted octanol–water partition coefficient (Wildman–Crippen LogP) is 2.11. The number of nitrogens with zero attached hydrogens (tertiary/aromatic N) is 1. The van der Waals surface area contributed by atoms with E-state index in [4.69, 9.17) is 4.42 Å². The molecule has 72 valence electrons. The fourth-order valence-electron chi connectivity index (χ4n) is 1.59. The van der Waals surface area contributed by atoms with E-state index in [2.05, 4.69) is 4.98 Å². The van der Waals surface area contributed by atoms with Gasteiger partial charge in [0.25, 0.3) is 0 Å². The van der Waals surface area contributed by atoms with Crippen LogP contribution in [0.5, 0.6) is 0 Å². The predicted molar refractivity (Wildman–Crippen MR) is 54.5 cm³/mol. The standard InChI is InChI=1S/C11H11NO2/c1-6-4-12-10-9(8(6)3)7(2)5-14-11(10)13/h4-5H,1-3H3. The second-order valence-corrected chi connectivity index (χ2v) is 3.50. The number of rotatable bonds is 0. The summed E-state index contributed by atoms with van der Waals surface area (Å²) in [5.41, 5.74) is 3.20. The van der Waals surface area contributed by atoms with E-state index in [1.165, 1.54) is 6.26 Å². The van der Waals surface area contributed by atoms with Crippen molar-refractivity contribution >= 4 is 10.9 Å². The second kappa shape index (κ2) is 2.94. The van der Waals surface area contributed by atoms with Crippen molar-refractivity contribution in [1.29, 1.82) is 0 Å². The second-order valence-electron chi connectivity index (χ2n) is 3.50. The Kier molecular flexibility index (Phi) is 1.88. The molecule has 0 radical (unpaired) electrons. The van der Waals surface area contributed by atoms with Crippen LogP contribution in [0.3, 0.4) is 0 Å². The minimum atomic E-state index is -0.367. The minimum Gasteiger partial charge on any atom is -0.429 e.